The maximum atomic E-state index is 12.9. The van der Waals surface area contributed by atoms with Crippen LogP contribution in [0, 0.1) is 0 Å². The fourth-order valence-electron chi connectivity index (χ4n) is 3.55. The van der Waals surface area contributed by atoms with Crippen molar-refractivity contribution in [1.82, 2.24) is 14.1 Å². The van der Waals surface area contributed by atoms with Gasteiger partial charge in [0.2, 0.25) is 0 Å². The van der Waals surface area contributed by atoms with Crippen molar-refractivity contribution in [2.75, 3.05) is 7.11 Å². The molecule has 0 N–H and O–H groups in total. The second kappa shape index (κ2) is 7.96. The second-order valence-corrected chi connectivity index (χ2v) is 8.44. The maximum Gasteiger partial charge on any atom is 0.419 e. The van der Waals surface area contributed by atoms with Crippen LogP contribution < -0.4 is 5.56 Å². The van der Waals surface area contributed by atoms with E-state index in [0.29, 0.717) is 16.3 Å². The Kier molecular flexibility index (Phi) is 5.30. The SMILES string of the molecule is COC(=O)c1cc2ccc(Cn3ccc4ccncc4c3=O)cc2n1C(=O)OC(C)(C)C. The highest BCUT2D eigenvalue weighted by Gasteiger charge is 2.25. The van der Waals surface area contributed by atoms with E-state index in [1.54, 1.807) is 68.2 Å². The predicted octanol–water partition coefficient (Wildman–Crippen LogP) is 3.97. The molecule has 0 aliphatic heterocycles. The van der Waals surface area contributed by atoms with Crippen LogP contribution in [0.5, 0.6) is 0 Å². The Morgan fingerprint density at radius 2 is 1.84 bits per heavy atom. The molecule has 164 valence electrons. The fourth-order valence-corrected chi connectivity index (χ4v) is 3.55. The Morgan fingerprint density at radius 3 is 2.56 bits per heavy atom. The molecule has 0 atom stereocenters. The Labute approximate surface area is 184 Å². The van der Waals surface area contributed by atoms with Gasteiger partial charge in [-0.15, -0.1) is 0 Å². The van der Waals surface area contributed by atoms with Crippen LogP contribution >= 0.6 is 0 Å². The molecule has 32 heavy (non-hydrogen) atoms. The van der Waals surface area contributed by atoms with Crippen molar-refractivity contribution in [3.8, 4) is 0 Å². The number of aromatic nitrogens is 3. The Bertz CT molecular complexity index is 1410. The number of ether oxygens (including phenoxy) is 2. The summed E-state index contributed by atoms with van der Waals surface area (Å²) < 4.78 is 13.1. The highest BCUT2D eigenvalue weighted by molar-refractivity contribution is 6.01. The van der Waals surface area contributed by atoms with Gasteiger partial charge in [-0.3, -0.25) is 9.78 Å². The van der Waals surface area contributed by atoms with Gasteiger partial charge in [0.1, 0.15) is 11.3 Å². The topological polar surface area (TPSA) is 92.4 Å². The number of benzene rings is 1. The third kappa shape index (κ3) is 3.99. The highest BCUT2D eigenvalue weighted by atomic mass is 16.6. The number of hydrogen-bond acceptors (Lipinski definition) is 6. The quantitative estimate of drug-likeness (QED) is 0.454. The number of rotatable bonds is 3. The van der Waals surface area contributed by atoms with E-state index in [1.165, 1.54) is 11.7 Å². The molecule has 3 heterocycles. The number of esters is 1. The summed E-state index contributed by atoms with van der Waals surface area (Å²) in [5, 5.41) is 2.02. The average Bonchev–Trinajstić information content (AvgIpc) is 3.13. The zero-order chi connectivity index (χ0) is 23.0. The van der Waals surface area contributed by atoms with Crippen LogP contribution in [0.4, 0.5) is 4.79 Å². The molecule has 4 aromatic rings. The summed E-state index contributed by atoms with van der Waals surface area (Å²) in [4.78, 5) is 42.1. The summed E-state index contributed by atoms with van der Waals surface area (Å²) in [6, 6.07) is 10.6. The summed E-state index contributed by atoms with van der Waals surface area (Å²) in [5.41, 5.74) is 0.441. The van der Waals surface area contributed by atoms with Gasteiger partial charge in [-0.05, 0) is 56.0 Å². The van der Waals surface area contributed by atoms with Crippen LogP contribution in [0.2, 0.25) is 0 Å². The first-order chi connectivity index (χ1) is 15.2. The maximum absolute atomic E-state index is 12.9. The van der Waals surface area contributed by atoms with Crippen LogP contribution in [0.1, 0.15) is 36.8 Å². The number of methoxy groups -OCH3 is 1. The minimum Gasteiger partial charge on any atom is -0.464 e. The van der Waals surface area contributed by atoms with Crippen molar-refractivity contribution in [3.05, 3.63) is 76.6 Å². The number of nitrogens with zero attached hydrogens (tertiary/aromatic N) is 3. The molecule has 0 amide bonds. The first kappa shape index (κ1) is 21.3. The number of hydrogen-bond donors (Lipinski definition) is 0. The zero-order valence-electron chi connectivity index (χ0n) is 18.3. The summed E-state index contributed by atoms with van der Waals surface area (Å²) in [6.07, 6.45) is 4.23. The number of pyridine rings is 2. The number of carbonyl (C=O) groups excluding carboxylic acids is 2. The highest BCUT2D eigenvalue weighted by Crippen LogP contribution is 2.24. The van der Waals surface area contributed by atoms with Gasteiger partial charge in [0.15, 0.2) is 0 Å². The summed E-state index contributed by atoms with van der Waals surface area (Å²) in [6.45, 7) is 5.54. The van der Waals surface area contributed by atoms with Gasteiger partial charge in [0, 0.05) is 24.0 Å². The van der Waals surface area contributed by atoms with Gasteiger partial charge < -0.3 is 14.0 Å². The van der Waals surface area contributed by atoms with E-state index >= 15 is 0 Å². The van der Waals surface area contributed by atoms with Crippen LogP contribution in [0.25, 0.3) is 21.7 Å². The summed E-state index contributed by atoms with van der Waals surface area (Å²) in [5.74, 6) is -0.646. The average molecular weight is 433 g/mol. The lowest BCUT2D eigenvalue weighted by Crippen LogP contribution is -2.29. The first-order valence-corrected chi connectivity index (χ1v) is 10.1. The number of fused-ring (bicyclic) bond motifs is 2. The molecular formula is C24H23N3O5. The Balaban J connectivity index is 1.80. The molecule has 0 bridgehead atoms. The molecule has 3 aromatic heterocycles. The third-order valence-electron chi connectivity index (χ3n) is 4.97. The zero-order valence-corrected chi connectivity index (χ0v) is 18.3. The molecule has 0 aliphatic rings. The molecule has 0 aliphatic carbocycles. The second-order valence-electron chi connectivity index (χ2n) is 8.44. The number of carbonyl (C=O) groups is 2. The monoisotopic (exact) mass is 433 g/mol. The largest absolute Gasteiger partial charge is 0.464 e. The van der Waals surface area contributed by atoms with Gasteiger partial charge in [-0.2, -0.15) is 0 Å². The molecule has 0 saturated carbocycles. The van der Waals surface area contributed by atoms with E-state index in [0.717, 1.165) is 10.9 Å². The summed E-state index contributed by atoms with van der Waals surface area (Å²) >= 11 is 0. The molecule has 0 spiro atoms. The molecule has 0 saturated heterocycles. The van der Waals surface area contributed by atoms with Gasteiger partial charge in [0.05, 0.1) is 24.6 Å². The Morgan fingerprint density at radius 1 is 1.06 bits per heavy atom. The van der Waals surface area contributed by atoms with E-state index in [2.05, 4.69) is 4.98 Å². The van der Waals surface area contributed by atoms with Crippen LogP contribution in [-0.4, -0.2) is 38.9 Å². The Hall–Kier alpha value is -3.94. The molecule has 8 nitrogen and oxygen atoms in total. The van der Waals surface area contributed by atoms with E-state index < -0.39 is 17.7 Å². The van der Waals surface area contributed by atoms with Gasteiger partial charge in [-0.25, -0.2) is 14.2 Å². The fraction of sp³-hybridized carbons (Fsp3) is 0.250. The summed E-state index contributed by atoms with van der Waals surface area (Å²) in [7, 11) is 1.26. The van der Waals surface area contributed by atoms with Crippen molar-refractivity contribution >= 4 is 33.7 Å². The smallest absolute Gasteiger partial charge is 0.419 e. The minimum atomic E-state index is -0.745. The molecular weight excluding hydrogens is 410 g/mol. The van der Waals surface area contributed by atoms with Crippen LogP contribution in [0.3, 0.4) is 0 Å². The van der Waals surface area contributed by atoms with Gasteiger partial charge in [-0.1, -0.05) is 12.1 Å². The van der Waals surface area contributed by atoms with Crippen LogP contribution in [-0.2, 0) is 16.0 Å². The van der Waals surface area contributed by atoms with E-state index in [4.69, 9.17) is 9.47 Å². The first-order valence-electron chi connectivity index (χ1n) is 10.1. The van der Waals surface area contributed by atoms with Crippen molar-refractivity contribution < 1.29 is 19.1 Å². The molecule has 0 unspecified atom stereocenters. The van der Waals surface area contributed by atoms with Gasteiger partial charge >= 0.3 is 12.1 Å². The molecule has 8 heteroatoms. The third-order valence-corrected chi connectivity index (χ3v) is 4.97. The van der Waals surface area contributed by atoms with E-state index in [1.807, 2.05) is 12.1 Å². The predicted molar refractivity (Wildman–Crippen MR) is 120 cm³/mol. The van der Waals surface area contributed by atoms with Crippen molar-refractivity contribution in [1.29, 1.82) is 0 Å². The standard InChI is InChI=1S/C24H23N3O5/c1-24(2,3)32-23(30)27-19-11-15(5-6-17(19)12-20(27)22(29)31-4)14-26-10-8-16-7-9-25-13-18(16)21(26)28/h5-13H,14H2,1-4H3. The van der Waals surface area contributed by atoms with E-state index in [9.17, 15) is 14.4 Å². The van der Waals surface area contributed by atoms with Crippen molar-refractivity contribution in [3.63, 3.8) is 0 Å². The van der Waals surface area contributed by atoms with E-state index in [-0.39, 0.29) is 17.8 Å². The van der Waals surface area contributed by atoms with Crippen molar-refractivity contribution in [2.24, 2.45) is 0 Å². The molecule has 0 fully saturated rings. The van der Waals surface area contributed by atoms with Gasteiger partial charge in [0.25, 0.3) is 5.56 Å². The lowest BCUT2D eigenvalue weighted by molar-refractivity contribution is 0.0489. The van der Waals surface area contributed by atoms with Crippen molar-refractivity contribution in [2.45, 2.75) is 32.9 Å². The molecule has 4 rings (SSSR count). The minimum absolute atomic E-state index is 0.0721. The molecule has 1 aromatic carbocycles. The normalized spacial score (nSPS) is 11.6. The lowest BCUT2D eigenvalue weighted by Gasteiger charge is -2.20. The molecule has 0 radical (unpaired) electrons. The van der Waals surface area contributed by atoms with Crippen LogP contribution in [0.15, 0.2) is 59.8 Å². The lowest BCUT2D eigenvalue weighted by atomic mass is 10.1.